The Hall–Kier alpha value is 0.400. The first-order chi connectivity index (χ1) is 7.00. The molecule has 2 N–H and O–H groups in total. The van der Waals surface area contributed by atoms with E-state index in [4.69, 9.17) is 0 Å². The zero-order chi connectivity index (χ0) is 10.3. The molecule has 0 heterocycles. The van der Waals surface area contributed by atoms with Crippen LogP contribution in [-0.4, -0.2) is 26.2 Å². The van der Waals surface area contributed by atoms with Gasteiger partial charge in [-0.3, -0.25) is 0 Å². The summed E-state index contributed by atoms with van der Waals surface area (Å²) in [5.41, 5.74) is -1.15. The molecule has 10 atom stereocenters. The SMILES string of the molecule is C[C@]1(O)[C@H]2[C@@H]3[C@@H]4C[C@H]2C2[C@@H]4[C@H](Br)[C@@]3(O)[C@H]21. The summed E-state index contributed by atoms with van der Waals surface area (Å²) in [5.74, 6) is 3.70. The standard InChI is InChI=1S/C12H15BrO2/c1-11(14)7-3-2-4-6-5(3)9(11)12(15,8(4)7)10(6)13/h3-10,14-15H,2H2,1H3/t3-,4+,5?,6+,7+,8-,9+,10-,11-,12-/m0/s1. The Morgan fingerprint density at radius 1 is 1.13 bits per heavy atom. The van der Waals surface area contributed by atoms with Crippen molar-refractivity contribution in [3.8, 4) is 0 Å². The molecule has 3 heteroatoms. The molecule has 0 spiro atoms. The molecule has 6 saturated carbocycles. The van der Waals surface area contributed by atoms with E-state index in [1.165, 1.54) is 6.42 Å². The first-order valence-corrected chi connectivity index (χ1v) is 7.01. The van der Waals surface area contributed by atoms with Gasteiger partial charge in [-0.2, -0.15) is 0 Å². The summed E-state index contributed by atoms with van der Waals surface area (Å²) in [7, 11) is 0. The van der Waals surface area contributed by atoms with Crippen molar-refractivity contribution in [1.29, 1.82) is 0 Å². The van der Waals surface area contributed by atoms with Crippen molar-refractivity contribution in [3.63, 3.8) is 0 Å². The van der Waals surface area contributed by atoms with Crippen molar-refractivity contribution in [2.75, 3.05) is 0 Å². The van der Waals surface area contributed by atoms with Gasteiger partial charge in [0.1, 0.15) is 0 Å². The van der Waals surface area contributed by atoms with Crippen LogP contribution in [0.4, 0.5) is 0 Å². The molecule has 6 rings (SSSR count). The smallest absolute Gasteiger partial charge is 0.0867 e. The number of alkyl halides is 1. The second-order valence-corrected chi connectivity index (χ2v) is 7.75. The summed E-state index contributed by atoms with van der Waals surface area (Å²) in [6, 6.07) is 0. The zero-order valence-electron chi connectivity index (χ0n) is 8.60. The molecule has 6 fully saturated rings. The molecule has 6 bridgehead atoms. The number of aliphatic hydroxyl groups is 2. The van der Waals surface area contributed by atoms with E-state index in [1.807, 2.05) is 6.92 Å². The quantitative estimate of drug-likeness (QED) is 0.645. The molecule has 0 amide bonds. The second kappa shape index (κ2) is 1.85. The molecule has 6 aliphatic carbocycles. The van der Waals surface area contributed by atoms with E-state index in [9.17, 15) is 10.2 Å². The molecular weight excluding hydrogens is 256 g/mol. The van der Waals surface area contributed by atoms with Crippen LogP contribution in [0.25, 0.3) is 0 Å². The van der Waals surface area contributed by atoms with Gasteiger partial charge in [0.15, 0.2) is 0 Å². The van der Waals surface area contributed by atoms with E-state index in [2.05, 4.69) is 15.9 Å². The van der Waals surface area contributed by atoms with Gasteiger partial charge in [0.05, 0.1) is 11.2 Å². The van der Waals surface area contributed by atoms with E-state index < -0.39 is 11.2 Å². The largest absolute Gasteiger partial charge is 0.389 e. The predicted molar refractivity (Wildman–Crippen MR) is 57.3 cm³/mol. The lowest BCUT2D eigenvalue weighted by Crippen LogP contribution is -2.47. The summed E-state index contributed by atoms with van der Waals surface area (Å²) < 4.78 is 0. The highest BCUT2D eigenvalue weighted by atomic mass is 79.9. The fraction of sp³-hybridized carbons (Fsp3) is 1.00. The van der Waals surface area contributed by atoms with Gasteiger partial charge < -0.3 is 10.2 Å². The third-order valence-corrected chi connectivity index (χ3v) is 8.13. The average molecular weight is 271 g/mol. The van der Waals surface area contributed by atoms with E-state index in [1.54, 1.807) is 0 Å². The minimum atomic E-state index is -0.583. The molecule has 0 aliphatic heterocycles. The molecule has 0 aromatic rings. The van der Waals surface area contributed by atoms with E-state index in [0.29, 0.717) is 29.6 Å². The van der Waals surface area contributed by atoms with E-state index in [0.717, 1.165) is 5.92 Å². The van der Waals surface area contributed by atoms with Crippen LogP contribution in [0.1, 0.15) is 13.3 Å². The highest BCUT2D eigenvalue weighted by Gasteiger charge is 2.91. The Bertz CT molecular complexity index is 393. The van der Waals surface area contributed by atoms with Gasteiger partial charge in [-0.15, -0.1) is 0 Å². The molecule has 0 saturated heterocycles. The summed E-state index contributed by atoms with van der Waals surface area (Å²) >= 11 is 3.73. The van der Waals surface area contributed by atoms with Crippen molar-refractivity contribution in [2.45, 2.75) is 29.4 Å². The van der Waals surface area contributed by atoms with E-state index >= 15 is 0 Å². The van der Waals surface area contributed by atoms with Gasteiger partial charge in [-0.25, -0.2) is 0 Å². The Morgan fingerprint density at radius 3 is 2.47 bits per heavy atom. The van der Waals surface area contributed by atoms with Crippen LogP contribution >= 0.6 is 15.9 Å². The number of rotatable bonds is 0. The van der Waals surface area contributed by atoms with Crippen molar-refractivity contribution >= 4 is 15.9 Å². The summed E-state index contributed by atoms with van der Waals surface area (Å²) in [6.07, 6.45) is 1.28. The van der Waals surface area contributed by atoms with Crippen LogP contribution in [-0.2, 0) is 0 Å². The average Bonchev–Trinajstić information content (AvgIpc) is 2.81. The molecule has 0 aromatic heterocycles. The maximum absolute atomic E-state index is 10.9. The predicted octanol–water partition coefficient (Wildman–Crippen LogP) is 1.00. The van der Waals surface area contributed by atoms with Crippen molar-refractivity contribution in [1.82, 2.24) is 0 Å². The van der Waals surface area contributed by atoms with Gasteiger partial charge in [-0.05, 0) is 48.9 Å². The topological polar surface area (TPSA) is 40.5 Å². The Labute approximate surface area is 97.2 Å². The highest BCUT2D eigenvalue weighted by molar-refractivity contribution is 9.09. The number of hydrogen-bond donors (Lipinski definition) is 2. The van der Waals surface area contributed by atoms with Crippen LogP contribution in [0, 0.1) is 41.4 Å². The minimum absolute atomic E-state index is 0.165. The van der Waals surface area contributed by atoms with Crippen LogP contribution in [0.2, 0.25) is 0 Å². The van der Waals surface area contributed by atoms with Crippen LogP contribution < -0.4 is 0 Å². The van der Waals surface area contributed by atoms with Gasteiger partial charge in [0.25, 0.3) is 0 Å². The number of hydrogen-bond acceptors (Lipinski definition) is 2. The summed E-state index contributed by atoms with van der Waals surface area (Å²) in [5, 5.41) is 21.6. The van der Waals surface area contributed by atoms with Crippen molar-refractivity contribution in [3.05, 3.63) is 0 Å². The van der Waals surface area contributed by atoms with E-state index in [-0.39, 0.29) is 10.7 Å². The lowest BCUT2D eigenvalue weighted by atomic mass is 9.69. The molecule has 6 aliphatic rings. The molecule has 15 heavy (non-hydrogen) atoms. The fourth-order valence-electron chi connectivity index (χ4n) is 7.06. The molecular formula is C12H15BrO2. The molecule has 0 aromatic carbocycles. The normalized spacial score (nSPS) is 85.6. The third kappa shape index (κ3) is 0.502. The first kappa shape index (κ1) is 8.48. The molecule has 0 radical (unpaired) electrons. The van der Waals surface area contributed by atoms with Gasteiger partial charge in [-0.1, -0.05) is 15.9 Å². The molecule has 82 valence electrons. The highest BCUT2D eigenvalue weighted by Crippen LogP contribution is 2.87. The van der Waals surface area contributed by atoms with Crippen LogP contribution in [0.3, 0.4) is 0 Å². The van der Waals surface area contributed by atoms with Gasteiger partial charge in [0, 0.05) is 10.7 Å². The minimum Gasteiger partial charge on any atom is -0.389 e. The van der Waals surface area contributed by atoms with Gasteiger partial charge in [0.2, 0.25) is 0 Å². The third-order valence-electron chi connectivity index (χ3n) is 6.79. The zero-order valence-corrected chi connectivity index (χ0v) is 10.2. The number of halogens is 1. The second-order valence-electron chi connectivity index (χ2n) is 6.76. The van der Waals surface area contributed by atoms with Crippen LogP contribution in [0.5, 0.6) is 0 Å². The van der Waals surface area contributed by atoms with Crippen molar-refractivity contribution < 1.29 is 10.2 Å². The Kier molecular flexibility index (Phi) is 1.05. The summed E-state index contributed by atoms with van der Waals surface area (Å²) in [4.78, 5) is 0.263. The molecule has 2 nitrogen and oxygen atoms in total. The fourth-order valence-corrected chi connectivity index (χ4v) is 8.39. The Morgan fingerprint density at radius 2 is 1.80 bits per heavy atom. The first-order valence-electron chi connectivity index (χ1n) is 6.09. The van der Waals surface area contributed by atoms with Crippen LogP contribution in [0.15, 0.2) is 0 Å². The van der Waals surface area contributed by atoms with Crippen molar-refractivity contribution in [2.24, 2.45) is 41.4 Å². The monoisotopic (exact) mass is 270 g/mol. The van der Waals surface area contributed by atoms with Gasteiger partial charge >= 0.3 is 0 Å². The maximum Gasteiger partial charge on any atom is 0.0867 e. The molecule has 1 unspecified atom stereocenters. The lowest BCUT2D eigenvalue weighted by Gasteiger charge is -2.38. The maximum atomic E-state index is 10.9. The summed E-state index contributed by atoms with van der Waals surface area (Å²) in [6.45, 7) is 1.98. The Balaban J connectivity index is 1.88. The lowest BCUT2D eigenvalue weighted by molar-refractivity contribution is -0.0700.